The third-order valence-electron chi connectivity index (χ3n) is 4.95. The fourth-order valence-electron chi connectivity index (χ4n) is 3.86. The van der Waals surface area contributed by atoms with Crippen LogP contribution >= 0.6 is 15.9 Å². The van der Waals surface area contributed by atoms with Crippen LogP contribution in [0.4, 0.5) is 0 Å². The van der Waals surface area contributed by atoms with Crippen molar-refractivity contribution >= 4 is 21.8 Å². The highest BCUT2D eigenvalue weighted by molar-refractivity contribution is 9.10. The molecule has 0 N–H and O–H groups in total. The Labute approximate surface area is 144 Å². The third-order valence-corrected chi connectivity index (χ3v) is 5.48. The van der Waals surface area contributed by atoms with E-state index < -0.39 is 0 Å². The van der Waals surface area contributed by atoms with Gasteiger partial charge in [-0.25, -0.2) is 0 Å². The summed E-state index contributed by atoms with van der Waals surface area (Å²) in [6.07, 6.45) is 2.11. The van der Waals surface area contributed by atoms with Gasteiger partial charge in [-0.15, -0.1) is 0 Å². The number of amides is 1. The molecular weight excluding hydrogens is 354 g/mol. The molecule has 0 saturated carbocycles. The van der Waals surface area contributed by atoms with Gasteiger partial charge < -0.3 is 9.64 Å². The Bertz CT molecular complexity index is 756. The Morgan fingerprint density at radius 3 is 2.65 bits per heavy atom. The summed E-state index contributed by atoms with van der Waals surface area (Å²) in [4.78, 5) is 15.1. The Morgan fingerprint density at radius 2 is 1.91 bits per heavy atom. The minimum atomic E-state index is -0.210. The first kappa shape index (κ1) is 14.8. The molecule has 2 heterocycles. The first-order valence-corrected chi connectivity index (χ1v) is 8.72. The van der Waals surface area contributed by atoms with Gasteiger partial charge in [-0.05, 0) is 53.8 Å². The zero-order valence-corrected chi connectivity index (χ0v) is 14.5. The second-order valence-corrected chi connectivity index (χ2v) is 7.08. The maximum atomic E-state index is 13.1. The number of nitrogens with zero attached hydrogens (tertiary/aromatic N) is 1. The monoisotopic (exact) mass is 371 g/mol. The van der Waals surface area contributed by atoms with E-state index in [1.165, 1.54) is 5.56 Å². The van der Waals surface area contributed by atoms with Crippen LogP contribution in [0.3, 0.4) is 0 Å². The molecule has 0 unspecified atom stereocenters. The lowest BCUT2D eigenvalue weighted by atomic mass is 9.81. The summed E-state index contributed by atoms with van der Waals surface area (Å²) in [6.45, 7) is 0.854. The van der Waals surface area contributed by atoms with Gasteiger partial charge in [0, 0.05) is 11.0 Å². The van der Waals surface area contributed by atoms with Gasteiger partial charge in [0.2, 0.25) is 5.91 Å². The number of ether oxygens (including phenoxy) is 1. The van der Waals surface area contributed by atoms with Crippen molar-refractivity contribution < 1.29 is 9.53 Å². The molecule has 0 radical (unpaired) electrons. The van der Waals surface area contributed by atoms with Crippen molar-refractivity contribution in [1.82, 2.24) is 4.90 Å². The summed E-state index contributed by atoms with van der Waals surface area (Å²) >= 11 is 3.47. The van der Waals surface area contributed by atoms with Crippen LogP contribution in [0.5, 0.6) is 5.75 Å². The van der Waals surface area contributed by atoms with Crippen molar-refractivity contribution in [2.75, 3.05) is 13.7 Å². The van der Waals surface area contributed by atoms with Crippen LogP contribution in [0.15, 0.2) is 46.9 Å². The van der Waals surface area contributed by atoms with E-state index in [4.69, 9.17) is 4.74 Å². The lowest BCUT2D eigenvalue weighted by Crippen LogP contribution is -2.40. The molecule has 0 spiro atoms. The minimum absolute atomic E-state index is 0.208. The fraction of sp³-hybridized carbons (Fsp3) is 0.316. The predicted molar refractivity (Wildman–Crippen MR) is 92.7 cm³/mol. The normalized spacial score (nSPS) is 22.7. The highest BCUT2D eigenvalue weighted by Crippen LogP contribution is 2.46. The molecule has 1 fully saturated rings. The number of halogens is 1. The standard InChI is InChI=1S/C19H18BrNO2/c1-23-14-8-9-15-16(11-14)17-3-2-10-21(17)19(22)18(15)12-4-6-13(20)7-5-12/h4-9,11,17-18H,2-3,10H2,1H3/t17-,18-/m0/s1. The molecule has 0 bridgehead atoms. The van der Waals surface area contributed by atoms with Crippen LogP contribution in [-0.2, 0) is 4.79 Å². The lowest BCUT2D eigenvalue weighted by Gasteiger charge is -2.37. The van der Waals surface area contributed by atoms with Crippen molar-refractivity contribution in [3.8, 4) is 5.75 Å². The SMILES string of the molecule is COc1ccc2c(c1)[C@@H]1CCCN1C(=O)[C@H]2c1ccc(Br)cc1. The molecule has 4 rings (SSSR count). The molecule has 2 atom stereocenters. The summed E-state index contributed by atoms with van der Waals surface area (Å²) in [5, 5.41) is 0. The predicted octanol–water partition coefficient (Wildman–Crippen LogP) is 4.27. The number of carbonyl (C=O) groups excluding carboxylic acids is 1. The Balaban J connectivity index is 1.88. The topological polar surface area (TPSA) is 29.5 Å². The molecule has 2 aromatic rings. The summed E-state index contributed by atoms with van der Waals surface area (Å²) in [7, 11) is 1.69. The number of fused-ring (bicyclic) bond motifs is 3. The van der Waals surface area contributed by atoms with E-state index in [1.807, 2.05) is 30.3 Å². The molecule has 118 valence electrons. The molecule has 2 aliphatic heterocycles. The van der Waals surface area contributed by atoms with E-state index in [1.54, 1.807) is 7.11 Å². The molecule has 1 saturated heterocycles. The van der Waals surface area contributed by atoms with Crippen molar-refractivity contribution in [2.45, 2.75) is 24.8 Å². The smallest absolute Gasteiger partial charge is 0.235 e. The maximum Gasteiger partial charge on any atom is 0.235 e. The second-order valence-electron chi connectivity index (χ2n) is 6.17. The average Bonchev–Trinajstić information content (AvgIpc) is 3.07. The molecule has 3 nitrogen and oxygen atoms in total. The molecule has 1 amide bonds. The number of hydrogen-bond acceptors (Lipinski definition) is 2. The van der Waals surface area contributed by atoms with Gasteiger partial charge in [0.15, 0.2) is 0 Å². The molecule has 0 aromatic heterocycles. The second kappa shape index (κ2) is 5.68. The van der Waals surface area contributed by atoms with Gasteiger partial charge in [-0.1, -0.05) is 34.1 Å². The largest absolute Gasteiger partial charge is 0.497 e. The minimum Gasteiger partial charge on any atom is -0.497 e. The van der Waals surface area contributed by atoms with Crippen molar-refractivity contribution in [3.05, 3.63) is 63.6 Å². The number of rotatable bonds is 2. The van der Waals surface area contributed by atoms with Gasteiger partial charge >= 0.3 is 0 Å². The van der Waals surface area contributed by atoms with E-state index in [2.05, 4.69) is 33.0 Å². The number of hydrogen-bond donors (Lipinski definition) is 0. The van der Waals surface area contributed by atoms with Crippen LogP contribution in [0, 0.1) is 0 Å². The van der Waals surface area contributed by atoms with E-state index in [0.29, 0.717) is 0 Å². The summed E-state index contributed by atoms with van der Waals surface area (Å²) in [6, 6.07) is 14.4. The van der Waals surface area contributed by atoms with Gasteiger partial charge in [-0.2, -0.15) is 0 Å². The summed E-state index contributed by atoms with van der Waals surface area (Å²) in [5.74, 6) is 0.880. The fourth-order valence-corrected chi connectivity index (χ4v) is 4.13. The van der Waals surface area contributed by atoms with Gasteiger partial charge in [0.25, 0.3) is 0 Å². The van der Waals surface area contributed by atoms with E-state index in [0.717, 1.165) is 40.7 Å². The Hall–Kier alpha value is -1.81. The summed E-state index contributed by atoms with van der Waals surface area (Å²) in [5.41, 5.74) is 3.42. The third kappa shape index (κ3) is 2.36. The molecule has 0 aliphatic carbocycles. The molecule has 2 aliphatic rings. The Kier molecular flexibility index (Phi) is 3.64. The average molecular weight is 372 g/mol. The van der Waals surface area contributed by atoms with Crippen LogP contribution in [0.1, 0.15) is 41.5 Å². The first-order valence-electron chi connectivity index (χ1n) is 7.93. The lowest BCUT2D eigenvalue weighted by molar-refractivity contribution is -0.133. The number of benzene rings is 2. The highest BCUT2D eigenvalue weighted by atomic mass is 79.9. The van der Waals surface area contributed by atoms with E-state index in [-0.39, 0.29) is 17.9 Å². The molecule has 23 heavy (non-hydrogen) atoms. The first-order chi connectivity index (χ1) is 11.2. The zero-order chi connectivity index (χ0) is 16.0. The van der Waals surface area contributed by atoms with Crippen molar-refractivity contribution in [3.63, 3.8) is 0 Å². The number of methoxy groups -OCH3 is 1. The molecule has 4 heteroatoms. The number of carbonyl (C=O) groups is 1. The molecule has 2 aromatic carbocycles. The van der Waals surface area contributed by atoms with Crippen molar-refractivity contribution in [2.24, 2.45) is 0 Å². The van der Waals surface area contributed by atoms with Gasteiger partial charge in [0.05, 0.1) is 19.1 Å². The zero-order valence-electron chi connectivity index (χ0n) is 13.0. The van der Waals surface area contributed by atoms with E-state index >= 15 is 0 Å². The van der Waals surface area contributed by atoms with Crippen LogP contribution in [-0.4, -0.2) is 24.5 Å². The van der Waals surface area contributed by atoms with Crippen LogP contribution in [0.25, 0.3) is 0 Å². The van der Waals surface area contributed by atoms with E-state index in [9.17, 15) is 4.79 Å². The maximum absolute atomic E-state index is 13.1. The summed E-state index contributed by atoms with van der Waals surface area (Å²) < 4.78 is 6.43. The quantitative estimate of drug-likeness (QED) is 0.788. The van der Waals surface area contributed by atoms with Gasteiger partial charge in [0.1, 0.15) is 5.75 Å². The Morgan fingerprint density at radius 1 is 1.13 bits per heavy atom. The van der Waals surface area contributed by atoms with Crippen LogP contribution in [0.2, 0.25) is 0 Å². The highest BCUT2D eigenvalue weighted by Gasteiger charge is 2.42. The van der Waals surface area contributed by atoms with Gasteiger partial charge in [-0.3, -0.25) is 4.79 Å². The molecular formula is C19H18BrNO2. The van der Waals surface area contributed by atoms with Crippen LogP contribution < -0.4 is 4.74 Å². The van der Waals surface area contributed by atoms with Crippen molar-refractivity contribution in [1.29, 1.82) is 0 Å².